The van der Waals surface area contributed by atoms with Crippen molar-refractivity contribution in [3.05, 3.63) is 51.7 Å². The molecule has 104 valence electrons. The summed E-state index contributed by atoms with van der Waals surface area (Å²) in [5.41, 5.74) is 2.00. The van der Waals surface area contributed by atoms with Crippen molar-refractivity contribution in [2.45, 2.75) is 13.0 Å². The highest BCUT2D eigenvalue weighted by Crippen LogP contribution is 2.18. The molecule has 1 aromatic carbocycles. The van der Waals surface area contributed by atoms with Gasteiger partial charge in [-0.15, -0.1) is 11.3 Å². The van der Waals surface area contributed by atoms with Gasteiger partial charge in [-0.1, -0.05) is 24.0 Å². The number of hydrogen-bond donors (Lipinski definition) is 2. The van der Waals surface area contributed by atoms with Crippen molar-refractivity contribution in [2.24, 2.45) is 0 Å². The molecule has 0 unspecified atom stereocenters. The van der Waals surface area contributed by atoms with Gasteiger partial charge in [0, 0.05) is 22.4 Å². The van der Waals surface area contributed by atoms with E-state index in [1.165, 1.54) is 0 Å². The summed E-state index contributed by atoms with van der Waals surface area (Å²) < 4.78 is 5.69. The zero-order chi connectivity index (χ0) is 14.2. The maximum absolute atomic E-state index is 8.85. The summed E-state index contributed by atoms with van der Waals surface area (Å²) in [5.74, 6) is 6.29. The number of aliphatic hydroxyl groups excluding tert-OH is 2. The van der Waals surface area contributed by atoms with Gasteiger partial charge >= 0.3 is 0 Å². The molecule has 2 rings (SSSR count). The lowest BCUT2D eigenvalue weighted by Gasteiger charge is -2.05. The second-order valence-electron chi connectivity index (χ2n) is 4.17. The first-order valence-electron chi connectivity index (χ1n) is 6.31. The van der Waals surface area contributed by atoms with Gasteiger partial charge in [-0.25, -0.2) is 0 Å². The quantitative estimate of drug-likeness (QED) is 0.829. The minimum atomic E-state index is -0.123. The zero-order valence-electron chi connectivity index (χ0n) is 11.0. The van der Waals surface area contributed by atoms with Gasteiger partial charge in [0.2, 0.25) is 0 Å². The molecule has 2 N–H and O–H groups in total. The van der Waals surface area contributed by atoms with Crippen molar-refractivity contribution < 1.29 is 14.9 Å². The molecule has 1 heterocycles. The van der Waals surface area contributed by atoms with Gasteiger partial charge in [0.15, 0.2) is 0 Å². The molecule has 2 aromatic rings. The fraction of sp³-hybridized carbons (Fsp3) is 0.250. The Hall–Kier alpha value is -1.80. The maximum Gasteiger partial charge on any atom is 0.122 e. The fourth-order valence-corrected chi connectivity index (χ4v) is 2.43. The summed E-state index contributed by atoms with van der Waals surface area (Å²) in [5, 5.41) is 19.4. The Balaban J connectivity index is 1.89. The number of hydrogen-bond acceptors (Lipinski definition) is 4. The van der Waals surface area contributed by atoms with Crippen LogP contribution in [0.4, 0.5) is 0 Å². The van der Waals surface area contributed by atoms with Crippen LogP contribution >= 0.6 is 11.3 Å². The van der Waals surface area contributed by atoms with Crippen LogP contribution in [0.5, 0.6) is 5.75 Å². The summed E-state index contributed by atoms with van der Waals surface area (Å²) in [6.07, 6.45) is 0.665. The standard InChI is InChI=1S/C16H16O3S/c17-8-1-2-14-10-16(20-12-14)11-19-15-5-3-13(4-6-15)7-9-18/h3-6,10,12,17-18H,7-9,11H2. The number of thiophene rings is 1. The van der Waals surface area contributed by atoms with E-state index in [1.54, 1.807) is 11.3 Å². The average Bonchev–Trinajstić information content (AvgIpc) is 2.93. The van der Waals surface area contributed by atoms with Gasteiger partial charge in [-0.05, 0) is 30.2 Å². The predicted octanol–water partition coefficient (Wildman–Crippen LogP) is 2.21. The van der Waals surface area contributed by atoms with Crippen molar-refractivity contribution in [3.8, 4) is 17.6 Å². The van der Waals surface area contributed by atoms with E-state index >= 15 is 0 Å². The van der Waals surface area contributed by atoms with Crippen LogP contribution in [0.3, 0.4) is 0 Å². The first-order valence-corrected chi connectivity index (χ1v) is 7.19. The Morgan fingerprint density at radius 3 is 2.65 bits per heavy atom. The van der Waals surface area contributed by atoms with Crippen LogP contribution < -0.4 is 4.74 Å². The third kappa shape index (κ3) is 4.39. The number of ether oxygens (including phenoxy) is 1. The average molecular weight is 288 g/mol. The molecule has 0 spiro atoms. The fourth-order valence-electron chi connectivity index (χ4n) is 1.70. The molecule has 0 amide bonds. The van der Waals surface area contributed by atoms with E-state index in [9.17, 15) is 0 Å². The van der Waals surface area contributed by atoms with E-state index in [0.29, 0.717) is 13.0 Å². The van der Waals surface area contributed by atoms with Gasteiger partial charge < -0.3 is 14.9 Å². The molecular formula is C16H16O3S. The highest BCUT2D eigenvalue weighted by atomic mass is 32.1. The third-order valence-electron chi connectivity index (χ3n) is 2.67. The van der Waals surface area contributed by atoms with Crippen LogP contribution in [0.25, 0.3) is 0 Å². The van der Waals surface area contributed by atoms with Crippen molar-refractivity contribution in [3.63, 3.8) is 0 Å². The van der Waals surface area contributed by atoms with Gasteiger partial charge in [0.05, 0.1) is 0 Å². The van der Waals surface area contributed by atoms with Crippen molar-refractivity contribution in [1.82, 2.24) is 0 Å². The number of rotatable bonds is 5. The summed E-state index contributed by atoms with van der Waals surface area (Å²) in [4.78, 5) is 1.09. The minimum absolute atomic E-state index is 0.123. The molecule has 0 atom stereocenters. The van der Waals surface area contributed by atoms with Gasteiger partial charge in [-0.3, -0.25) is 0 Å². The van der Waals surface area contributed by atoms with Crippen LogP contribution in [0.1, 0.15) is 16.0 Å². The van der Waals surface area contributed by atoms with Gasteiger partial charge in [0.1, 0.15) is 19.0 Å². The molecule has 4 heteroatoms. The summed E-state index contributed by atoms with van der Waals surface area (Å²) in [6.45, 7) is 0.541. The van der Waals surface area contributed by atoms with Gasteiger partial charge in [-0.2, -0.15) is 0 Å². The zero-order valence-corrected chi connectivity index (χ0v) is 11.8. The summed E-state index contributed by atoms with van der Waals surface area (Å²) in [7, 11) is 0. The van der Waals surface area contributed by atoms with Crippen LogP contribution in [-0.4, -0.2) is 23.4 Å². The van der Waals surface area contributed by atoms with Crippen LogP contribution in [0.15, 0.2) is 35.7 Å². The van der Waals surface area contributed by atoms with E-state index in [1.807, 2.05) is 35.7 Å². The lowest BCUT2D eigenvalue weighted by molar-refractivity contribution is 0.298. The molecule has 3 nitrogen and oxygen atoms in total. The van der Waals surface area contributed by atoms with Crippen molar-refractivity contribution in [1.29, 1.82) is 0 Å². The molecule has 0 fully saturated rings. The van der Waals surface area contributed by atoms with Crippen LogP contribution in [0, 0.1) is 11.8 Å². The number of benzene rings is 1. The Bertz CT molecular complexity index is 590. The molecular weight excluding hydrogens is 272 g/mol. The predicted molar refractivity (Wildman–Crippen MR) is 79.8 cm³/mol. The van der Waals surface area contributed by atoms with E-state index in [0.717, 1.165) is 21.8 Å². The lowest BCUT2D eigenvalue weighted by Crippen LogP contribution is -1.94. The molecule has 0 saturated carbocycles. The SMILES string of the molecule is OCC#Cc1csc(COc2ccc(CCO)cc2)c1. The Labute approximate surface area is 122 Å². The molecule has 0 bridgehead atoms. The first-order chi connectivity index (χ1) is 9.81. The van der Waals surface area contributed by atoms with Crippen LogP contribution in [0.2, 0.25) is 0 Å². The normalized spacial score (nSPS) is 9.90. The summed E-state index contributed by atoms with van der Waals surface area (Å²) in [6, 6.07) is 9.69. The molecule has 0 saturated heterocycles. The molecule has 0 radical (unpaired) electrons. The minimum Gasteiger partial charge on any atom is -0.488 e. The van der Waals surface area contributed by atoms with E-state index in [-0.39, 0.29) is 13.2 Å². The Morgan fingerprint density at radius 1 is 1.15 bits per heavy atom. The topological polar surface area (TPSA) is 49.7 Å². The summed E-state index contributed by atoms with van der Waals surface area (Å²) >= 11 is 1.59. The first kappa shape index (κ1) is 14.6. The molecule has 0 aliphatic rings. The van der Waals surface area contributed by atoms with E-state index < -0.39 is 0 Å². The van der Waals surface area contributed by atoms with E-state index in [4.69, 9.17) is 14.9 Å². The van der Waals surface area contributed by atoms with Crippen LogP contribution in [-0.2, 0) is 13.0 Å². The monoisotopic (exact) mass is 288 g/mol. The maximum atomic E-state index is 8.85. The second kappa shape index (κ2) is 7.71. The number of aliphatic hydroxyl groups is 2. The lowest BCUT2D eigenvalue weighted by atomic mass is 10.1. The van der Waals surface area contributed by atoms with Crippen molar-refractivity contribution >= 4 is 11.3 Å². The Morgan fingerprint density at radius 2 is 1.95 bits per heavy atom. The molecule has 20 heavy (non-hydrogen) atoms. The largest absolute Gasteiger partial charge is 0.488 e. The third-order valence-corrected chi connectivity index (χ3v) is 3.58. The Kier molecular flexibility index (Phi) is 5.63. The highest BCUT2D eigenvalue weighted by molar-refractivity contribution is 7.10. The molecule has 0 aliphatic carbocycles. The smallest absolute Gasteiger partial charge is 0.122 e. The van der Waals surface area contributed by atoms with E-state index in [2.05, 4.69) is 11.8 Å². The molecule has 0 aliphatic heterocycles. The van der Waals surface area contributed by atoms with Crippen molar-refractivity contribution in [2.75, 3.05) is 13.2 Å². The highest BCUT2D eigenvalue weighted by Gasteiger charge is 2.00. The van der Waals surface area contributed by atoms with Gasteiger partial charge in [0.25, 0.3) is 0 Å². The second-order valence-corrected chi connectivity index (χ2v) is 5.16. The molecule has 1 aromatic heterocycles.